The van der Waals surface area contributed by atoms with Crippen molar-refractivity contribution < 1.29 is 19.7 Å². The molecule has 0 fully saturated rings. The molecule has 5 rings (SSSR count). The molecule has 0 atom stereocenters. The van der Waals surface area contributed by atoms with Gasteiger partial charge in [0, 0.05) is 52.3 Å². The van der Waals surface area contributed by atoms with Crippen molar-refractivity contribution in [3.05, 3.63) is 69.3 Å². The van der Waals surface area contributed by atoms with Crippen molar-refractivity contribution >= 4 is 40.1 Å². The van der Waals surface area contributed by atoms with E-state index < -0.39 is 5.60 Å². The second-order valence-corrected chi connectivity index (χ2v) is 16.7. The number of nitrogens with zero attached hydrogens (tertiary/aromatic N) is 5. The number of thiophene rings is 2. The summed E-state index contributed by atoms with van der Waals surface area (Å²) in [6.45, 7) is 12.2. The first-order chi connectivity index (χ1) is 26.6. The molecule has 0 bridgehead atoms. The summed E-state index contributed by atoms with van der Waals surface area (Å²) in [7, 11) is 1.69. The van der Waals surface area contributed by atoms with Crippen molar-refractivity contribution in [3.8, 4) is 44.2 Å². The highest BCUT2D eigenvalue weighted by atomic mass is 32.1. The maximum absolute atomic E-state index is 10.1. The number of fused-ring (bicyclic) bond motifs is 3. The fourth-order valence-corrected chi connectivity index (χ4v) is 10.4. The Labute approximate surface area is 334 Å². The average Bonchev–Trinajstić information content (AvgIpc) is 3.89. The van der Waals surface area contributed by atoms with Gasteiger partial charge in [-0.2, -0.15) is 15.8 Å². The van der Waals surface area contributed by atoms with Gasteiger partial charge >= 0.3 is 0 Å². The molecule has 0 aliphatic carbocycles. The van der Waals surface area contributed by atoms with Crippen molar-refractivity contribution in [1.82, 2.24) is 0 Å². The van der Waals surface area contributed by atoms with Gasteiger partial charge < -0.3 is 29.5 Å². The van der Waals surface area contributed by atoms with E-state index in [-0.39, 0.29) is 35.7 Å². The van der Waals surface area contributed by atoms with Crippen LogP contribution >= 0.6 is 22.7 Å². The van der Waals surface area contributed by atoms with Crippen LogP contribution in [0.5, 0.6) is 5.75 Å². The van der Waals surface area contributed by atoms with Crippen LogP contribution < -0.4 is 14.5 Å². The minimum Gasteiger partial charge on any atom is -0.496 e. The quantitative estimate of drug-likeness (QED) is 0.121. The fraction of sp³-hybridized carbons (Fsp3) is 0.477. The normalized spacial score (nSPS) is 15.3. The molecular formula is C44H53N5O4S2. The van der Waals surface area contributed by atoms with E-state index in [4.69, 9.17) is 9.47 Å². The van der Waals surface area contributed by atoms with Crippen LogP contribution in [0.3, 0.4) is 0 Å². The van der Waals surface area contributed by atoms with E-state index in [2.05, 4.69) is 49.9 Å². The summed E-state index contributed by atoms with van der Waals surface area (Å²) in [4.78, 5) is 9.36. The van der Waals surface area contributed by atoms with Gasteiger partial charge in [-0.15, -0.1) is 22.7 Å². The molecule has 0 radical (unpaired) electrons. The van der Waals surface area contributed by atoms with Gasteiger partial charge in [0.1, 0.15) is 35.1 Å². The number of aliphatic hydroxyl groups is 2. The van der Waals surface area contributed by atoms with Crippen molar-refractivity contribution in [1.29, 1.82) is 15.8 Å². The Kier molecular flexibility index (Phi) is 13.9. The molecule has 2 N–H and O–H groups in total. The lowest BCUT2D eigenvalue weighted by Crippen LogP contribution is -2.49. The molecule has 0 amide bonds. The van der Waals surface area contributed by atoms with E-state index in [1.807, 2.05) is 55.2 Å². The molecule has 9 nitrogen and oxygen atoms in total. The first kappa shape index (κ1) is 41.6. The highest BCUT2D eigenvalue weighted by Gasteiger charge is 2.46. The SMILES string of the molecule is CCCCN1c2cc(/C=C/C3=C(C#N)C(=C(C#N)C#N)OC3(C)C)sc2-c2sc(-c3ccc(N(CCO)CCO)cc3OC)cc2C1(CCCC)CCCC. The second-order valence-electron chi connectivity index (χ2n) is 14.6. The number of aliphatic hydroxyl groups excluding tert-OH is 2. The Bertz CT molecular complexity index is 2040. The molecule has 2 aliphatic heterocycles. The number of nitriles is 3. The van der Waals surface area contributed by atoms with E-state index in [1.165, 1.54) is 21.0 Å². The van der Waals surface area contributed by atoms with Gasteiger partial charge in [0.15, 0.2) is 11.3 Å². The van der Waals surface area contributed by atoms with Crippen LogP contribution in [0.1, 0.15) is 96.4 Å². The first-order valence-electron chi connectivity index (χ1n) is 19.4. The third-order valence-corrected chi connectivity index (χ3v) is 13.1. The molecule has 3 aromatic rings. The lowest BCUT2D eigenvalue weighted by molar-refractivity contribution is 0.0954. The summed E-state index contributed by atoms with van der Waals surface area (Å²) in [5.41, 5.74) is 4.07. The van der Waals surface area contributed by atoms with Crippen LogP contribution in [-0.2, 0) is 10.3 Å². The number of allylic oxidation sites excluding steroid dienone is 2. The van der Waals surface area contributed by atoms with Gasteiger partial charge in [-0.3, -0.25) is 0 Å². The summed E-state index contributed by atoms with van der Waals surface area (Å²) in [5.74, 6) is 0.786. The Morgan fingerprint density at radius 1 is 0.909 bits per heavy atom. The van der Waals surface area contributed by atoms with Gasteiger partial charge in [-0.25, -0.2) is 0 Å². The van der Waals surface area contributed by atoms with Gasteiger partial charge in [-0.1, -0.05) is 59.0 Å². The molecule has 0 unspecified atom stereocenters. The molecule has 11 heteroatoms. The number of benzene rings is 1. The van der Waals surface area contributed by atoms with Crippen molar-refractivity contribution in [3.63, 3.8) is 0 Å². The predicted octanol–water partition coefficient (Wildman–Crippen LogP) is 10.1. The standard InChI is InChI=1S/C44H53N5O4S2/c1-7-10-17-44(18-11-8-2)36-26-39(33-15-13-31(24-38(33)52-6)48(20-22-50)21-23-51)55-41(36)42-37(49(44)19-12-9-3)25-32(54-42)14-16-35-34(29-47)40(30(27-45)28-46)53-43(35,4)5/h13-16,24-26,50-51H,7-12,17-23H2,1-6H3/b16-14+. The summed E-state index contributed by atoms with van der Waals surface area (Å²) in [6, 6.07) is 16.8. The van der Waals surface area contributed by atoms with Gasteiger partial charge in [0.2, 0.25) is 0 Å². The van der Waals surface area contributed by atoms with Crippen LogP contribution in [0.4, 0.5) is 11.4 Å². The maximum Gasteiger partial charge on any atom is 0.172 e. The van der Waals surface area contributed by atoms with Gasteiger partial charge in [0.05, 0.1) is 41.3 Å². The zero-order valence-corrected chi connectivity index (χ0v) is 34.6. The summed E-state index contributed by atoms with van der Waals surface area (Å²) < 4.78 is 12.1. The molecule has 4 heterocycles. The van der Waals surface area contributed by atoms with E-state index >= 15 is 0 Å². The van der Waals surface area contributed by atoms with E-state index in [0.29, 0.717) is 18.7 Å². The third-order valence-electron chi connectivity index (χ3n) is 10.6. The zero-order valence-electron chi connectivity index (χ0n) is 33.0. The summed E-state index contributed by atoms with van der Waals surface area (Å²) in [6.07, 6.45) is 12.6. The van der Waals surface area contributed by atoms with Crippen LogP contribution in [0, 0.1) is 34.0 Å². The largest absolute Gasteiger partial charge is 0.496 e. The van der Waals surface area contributed by atoms with Crippen molar-refractivity contribution in [2.24, 2.45) is 0 Å². The average molecular weight is 780 g/mol. The number of hydrogen-bond donors (Lipinski definition) is 2. The fourth-order valence-electron chi connectivity index (χ4n) is 7.85. The predicted molar refractivity (Wildman–Crippen MR) is 224 cm³/mol. The monoisotopic (exact) mass is 779 g/mol. The van der Waals surface area contributed by atoms with Crippen LogP contribution in [0.15, 0.2) is 58.9 Å². The van der Waals surface area contributed by atoms with E-state index in [9.17, 15) is 26.0 Å². The number of hydrogen-bond acceptors (Lipinski definition) is 11. The highest BCUT2D eigenvalue weighted by molar-refractivity contribution is 7.25. The number of unbranched alkanes of at least 4 members (excludes halogenated alkanes) is 3. The molecular weight excluding hydrogens is 727 g/mol. The molecule has 0 spiro atoms. The van der Waals surface area contributed by atoms with E-state index in [1.54, 1.807) is 29.8 Å². The molecule has 290 valence electrons. The molecule has 1 aromatic carbocycles. The lowest BCUT2D eigenvalue weighted by Gasteiger charge is -2.49. The maximum atomic E-state index is 10.1. The smallest absolute Gasteiger partial charge is 0.172 e. The van der Waals surface area contributed by atoms with Crippen LogP contribution in [-0.4, -0.2) is 55.8 Å². The van der Waals surface area contributed by atoms with Crippen molar-refractivity contribution in [2.45, 2.75) is 97.1 Å². The Morgan fingerprint density at radius 3 is 2.16 bits per heavy atom. The lowest BCUT2D eigenvalue weighted by atomic mass is 9.76. The van der Waals surface area contributed by atoms with E-state index in [0.717, 1.165) is 84.7 Å². The van der Waals surface area contributed by atoms with Gasteiger partial charge in [-0.05, 0) is 69.0 Å². The van der Waals surface area contributed by atoms with Crippen molar-refractivity contribution in [2.75, 3.05) is 49.8 Å². The summed E-state index contributed by atoms with van der Waals surface area (Å²) >= 11 is 3.55. The minimum absolute atomic E-state index is 0.0157. The Hall–Kier alpha value is -4.57. The molecule has 0 saturated carbocycles. The number of methoxy groups -OCH3 is 1. The van der Waals surface area contributed by atoms with Crippen LogP contribution in [0.25, 0.3) is 26.3 Å². The van der Waals surface area contributed by atoms with Gasteiger partial charge in [0.25, 0.3) is 0 Å². The Balaban J connectivity index is 1.72. The third kappa shape index (κ3) is 8.20. The first-order valence-corrected chi connectivity index (χ1v) is 21.0. The number of ether oxygens (including phenoxy) is 2. The molecule has 0 saturated heterocycles. The number of rotatable bonds is 18. The topological polar surface area (TPSA) is 137 Å². The van der Waals surface area contributed by atoms with Crippen LogP contribution in [0.2, 0.25) is 0 Å². The molecule has 2 aromatic heterocycles. The molecule has 2 aliphatic rings. The Morgan fingerprint density at radius 2 is 1.58 bits per heavy atom. The zero-order chi connectivity index (χ0) is 39.8. The highest BCUT2D eigenvalue weighted by Crippen LogP contribution is 2.59. The minimum atomic E-state index is -0.896. The second kappa shape index (κ2) is 18.4. The number of anilines is 2. The molecule has 55 heavy (non-hydrogen) atoms. The summed E-state index contributed by atoms with van der Waals surface area (Å²) in [5, 5.41) is 48.7.